The van der Waals surface area contributed by atoms with Crippen molar-refractivity contribution in [1.29, 1.82) is 10.5 Å². The minimum atomic E-state index is -0.630. The van der Waals surface area contributed by atoms with E-state index in [1.807, 2.05) is 24.5 Å². The third-order valence-corrected chi connectivity index (χ3v) is 3.83. The van der Waals surface area contributed by atoms with E-state index in [0.717, 1.165) is 26.2 Å². The van der Waals surface area contributed by atoms with E-state index in [4.69, 9.17) is 20.0 Å². The summed E-state index contributed by atoms with van der Waals surface area (Å²) in [5.74, 6) is -1.26. The molecule has 1 saturated heterocycles. The van der Waals surface area contributed by atoms with Crippen molar-refractivity contribution in [2.24, 2.45) is 0 Å². The third kappa shape index (κ3) is 9.11. The molecule has 0 amide bonds. The molecule has 0 aromatic carbocycles. The highest BCUT2D eigenvalue weighted by Gasteiger charge is 2.13. The molecule has 30 heavy (non-hydrogen) atoms. The summed E-state index contributed by atoms with van der Waals surface area (Å²) in [5, 5.41) is 18.1. The monoisotopic (exact) mass is 412 g/mol. The lowest BCUT2D eigenvalue weighted by molar-refractivity contribution is -0.143. The summed E-state index contributed by atoms with van der Waals surface area (Å²) >= 11 is 0. The summed E-state index contributed by atoms with van der Waals surface area (Å²) in [6.45, 7) is 9.90. The molecule has 0 N–H and O–H groups in total. The number of hydrogen-bond acceptors (Lipinski definition) is 8. The van der Waals surface area contributed by atoms with E-state index >= 15 is 0 Å². The molecule has 0 radical (unpaired) electrons. The van der Waals surface area contributed by atoms with E-state index in [2.05, 4.69) is 9.80 Å². The van der Waals surface area contributed by atoms with Crippen molar-refractivity contribution in [3.05, 3.63) is 47.9 Å². The minimum absolute atomic E-state index is 0.0439. The van der Waals surface area contributed by atoms with E-state index in [0.29, 0.717) is 0 Å². The Morgan fingerprint density at radius 1 is 0.767 bits per heavy atom. The Morgan fingerprint density at radius 2 is 1.10 bits per heavy atom. The summed E-state index contributed by atoms with van der Waals surface area (Å²) in [6, 6.07) is 3.69. The van der Waals surface area contributed by atoms with E-state index in [1.165, 1.54) is 12.2 Å². The molecule has 1 fully saturated rings. The van der Waals surface area contributed by atoms with Crippen LogP contribution in [0.3, 0.4) is 0 Å². The topological polar surface area (TPSA) is 107 Å². The average Bonchev–Trinajstić information content (AvgIpc) is 2.68. The summed E-state index contributed by atoms with van der Waals surface area (Å²) in [7, 11) is 0. The molecule has 8 heteroatoms. The zero-order chi connectivity index (χ0) is 22.5. The Hall–Kier alpha value is -3.52. The van der Waals surface area contributed by atoms with Gasteiger partial charge in [-0.1, -0.05) is 0 Å². The van der Waals surface area contributed by atoms with E-state index in [-0.39, 0.29) is 23.4 Å². The number of rotatable bonds is 8. The van der Waals surface area contributed by atoms with Crippen LogP contribution in [0.1, 0.15) is 27.7 Å². The zero-order valence-electron chi connectivity index (χ0n) is 17.9. The molecule has 0 aromatic heterocycles. The van der Waals surface area contributed by atoms with E-state index in [9.17, 15) is 9.59 Å². The number of hydrogen-bond donors (Lipinski definition) is 0. The first-order chi connectivity index (χ1) is 14.3. The second kappa shape index (κ2) is 12.8. The minimum Gasteiger partial charge on any atom is -0.459 e. The molecule has 1 aliphatic rings. The van der Waals surface area contributed by atoms with Crippen LogP contribution in [0.25, 0.3) is 0 Å². The molecule has 0 atom stereocenters. The first-order valence-electron chi connectivity index (χ1n) is 9.74. The van der Waals surface area contributed by atoms with Gasteiger partial charge in [-0.25, -0.2) is 9.59 Å². The molecule has 1 rings (SSSR count). The van der Waals surface area contributed by atoms with Crippen molar-refractivity contribution >= 4 is 11.9 Å². The largest absolute Gasteiger partial charge is 0.459 e. The van der Waals surface area contributed by atoms with Crippen molar-refractivity contribution in [1.82, 2.24) is 9.80 Å². The summed E-state index contributed by atoms with van der Waals surface area (Å²) < 4.78 is 10.0. The highest BCUT2D eigenvalue weighted by atomic mass is 16.5. The van der Waals surface area contributed by atoms with Crippen LogP contribution < -0.4 is 0 Å². The lowest BCUT2D eigenvalue weighted by Gasteiger charge is -2.33. The number of esters is 2. The van der Waals surface area contributed by atoms with Crippen molar-refractivity contribution in [3.8, 4) is 12.1 Å². The molecule has 0 unspecified atom stereocenters. The predicted molar refractivity (Wildman–Crippen MR) is 111 cm³/mol. The fourth-order valence-electron chi connectivity index (χ4n) is 2.41. The highest BCUT2D eigenvalue weighted by Crippen LogP contribution is 2.06. The fraction of sp³-hybridized carbons (Fsp3) is 0.455. The van der Waals surface area contributed by atoms with Crippen molar-refractivity contribution in [2.75, 3.05) is 26.2 Å². The molecule has 0 bridgehead atoms. The van der Waals surface area contributed by atoms with Gasteiger partial charge in [0.25, 0.3) is 0 Å². The Kier molecular flexibility index (Phi) is 10.5. The van der Waals surface area contributed by atoms with Crippen LogP contribution in [0, 0.1) is 22.7 Å². The van der Waals surface area contributed by atoms with Crippen molar-refractivity contribution in [3.63, 3.8) is 0 Å². The Morgan fingerprint density at radius 3 is 1.37 bits per heavy atom. The van der Waals surface area contributed by atoms with Gasteiger partial charge in [-0.15, -0.1) is 0 Å². The number of piperazine rings is 1. The standard InChI is InChI=1S/C22H28N4O4/c1-17(2)29-21(27)19(15-23)7-5-9-25-11-13-26(14-12-25)10-6-8-20(16-24)22(28)30-18(3)4/h5-10,17-18H,11-14H2,1-4H3/b9-5+,10-6+,19-7+,20-8+. The van der Waals surface area contributed by atoms with Crippen LogP contribution in [0.15, 0.2) is 47.9 Å². The van der Waals surface area contributed by atoms with Crippen LogP contribution in [0.4, 0.5) is 0 Å². The molecule has 0 aliphatic carbocycles. The first kappa shape index (κ1) is 24.5. The van der Waals surface area contributed by atoms with Crippen LogP contribution >= 0.6 is 0 Å². The second-order valence-electron chi connectivity index (χ2n) is 7.05. The van der Waals surface area contributed by atoms with Gasteiger partial charge in [0.05, 0.1) is 12.2 Å². The van der Waals surface area contributed by atoms with Crippen molar-refractivity contribution < 1.29 is 19.1 Å². The molecule has 1 aliphatic heterocycles. The smallest absolute Gasteiger partial charge is 0.349 e. The maximum absolute atomic E-state index is 11.7. The highest BCUT2D eigenvalue weighted by molar-refractivity contribution is 5.93. The average molecular weight is 412 g/mol. The molecule has 8 nitrogen and oxygen atoms in total. The van der Waals surface area contributed by atoms with Crippen LogP contribution in [0.5, 0.6) is 0 Å². The number of carbonyl (C=O) groups is 2. The normalized spacial score (nSPS) is 15.6. The van der Waals surface area contributed by atoms with Gasteiger partial charge in [0, 0.05) is 26.2 Å². The maximum Gasteiger partial charge on any atom is 0.349 e. The van der Waals surface area contributed by atoms with Crippen LogP contribution in [0.2, 0.25) is 0 Å². The second-order valence-corrected chi connectivity index (χ2v) is 7.05. The van der Waals surface area contributed by atoms with Gasteiger partial charge in [-0.05, 0) is 64.4 Å². The van der Waals surface area contributed by atoms with Gasteiger partial charge < -0.3 is 19.3 Å². The van der Waals surface area contributed by atoms with Gasteiger partial charge in [-0.3, -0.25) is 0 Å². The summed E-state index contributed by atoms with van der Waals surface area (Å²) in [4.78, 5) is 27.6. The molecule has 1 heterocycles. The summed E-state index contributed by atoms with van der Waals surface area (Å²) in [6.07, 6.45) is 9.32. The van der Waals surface area contributed by atoms with Crippen LogP contribution in [-0.2, 0) is 19.1 Å². The predicted octanol–water partition coefficient (Wildman–Crippen LogP) is 2.43. The fourth-order valence-corrected chi connectivity index (χ4v) is 2.41. The van der Waals surface area contributed by atoms with Crippen molar-refractivity contribution in [2.45, 2.75) is 39.9 Å². The van der Waals surface area contributed by atoms with Gasteiger partial charge in [0.2, 0.25) is 0 Å². The van der Waals surface area contributed by atoms with Crippen LogP contribution in [-0.4, -0.2) is 60.1 Å². The molecular weight excluding hydrogens is 384 g/mol. The molecular formula is C22H28N4O4. The molecule has 0 spiro atoms. The van der Waals surface area contributed by atoms with Gasteiger partial charge >= 0.3 is 11.9 Å². The maximum atomic E-state index is 11.7. The quantitative estimate of drug-likeness (QED) is 0.259. The lowest BCUT2D eigenvalue weighted by atomic mass is 10.2. The molecule has 0 aromatic rings. The molecule has 160 valence electrons. The molecule has 0 saturated carbocycles. The third-order valence-electron chi connectivity index (χ3n) is 3.83. The first-order valence-corrected chi connectivity index (χ1v) is 9.74. The van der Waals surface area contributed by atoms with E-state index in [1.54, 1.807) is 39.8 Å². The lowest BCUT2D eigenvalue weighted by Crippen LogP contribution is -2.41. The van der Waals surface area contributed by atoms with E-state index < -0.39 is 11.9 Å². The Balaban J connectivity index is 2.55. The van der Waals surface area contributed by atoms with Gasteiger partial charge in [-0.2, -0.15) is 10.5 Å². The number of nitriles is 2. The number of carbonyl (C=O) groups excluding carboxylic acids is 2. The number of allylic oxidation sites excluding steroid dienone is 4. The Bertz CT molecular complexity index is 734. The van der Waals surface area contributed by atoms with Gasteiger partial charge in [0.15, 0.2) is 0 Å². The number of nitrogens with zero attached hydrogens (tertiary/aromatic N) is 4. The van der Waals surface area contributed by atoms with Gasteiger partial charge in [0.1, 0.15) is 23.3 Å². The SMILES string of the molecule is CC(C)OC(=O)/C(C#N)=C/C=C/N1CCN(/C=C/C=C(\C#N)C(=O)OC(C)C)CC1. The summed E-state index contributed by atoms with van der Waals surface area (Å²) in [5.41, 5.74) is -0.0878. The number of ether oxygens (including phenoxy) is 2. The zero-order valence-corrected chi connectivity index (χ0v) is 17.9. The Labute approximate surface area is 177 Å².